The van der Waals surface area contributed by atoms with E-state index in [2.05, 4.69) is 24.7 Å². The van der Waals surface area contributed by atoms with Gasteiger partial charge in [-0.1, -0.05) is 0 Å². The molecule has 0 aliphatic heterocycles. The van der Waals surface area contributed by atoms with Crippen molar-refractivity contribution in [3.05, 3.63) is 0 Å². The third-order valence-corrected chi connectivity index (χ3v) is 48.8. The van der Waals surface area contributed by atoms with Crippen LogP contribution in [0, 0.1) is 0 Å². The first kappa shape index (κ1) is 10.9. The normalized spacial score (nSPS) is 14.0. The van der Waals surface area contributed by atoms with E-state index in [1.165, 1.54) is 2.45 Å². The van der Waals surface area contributed by atoms with Gasteiger partial charge in [0.25, 0.3) is 0 Å². The third-order valence-electron chi connectivity index (χ3n) is 0.951. The van der Waals surface area contributed by atoms with Crippen LogP contribution >= 0.6 is 8.92 Å². The van der Waals surface area contributed by atoms with Gasteiger partial charge in [0.2, 0.25) is 0 Å². The second-order valence-corrected chi connectivity index (χ2v) is 43.5. The molecule has 0 aliphatic carbocycles. The molecule has 0 nitrogen and oxygen atoms in total. The summed E-state index contributed by atoms with van der Waals surface area (Å²) in [5, 5.41) is 0. The first-order valence-corrected chi connectivity index (χ1v) is 25.3. The molecule has 0 bridgehead atoms. The van der Waals surface area contributed by atoms with Gasteiger partial charge >= 0.3 is 71.7 Å². The van der Waals surface area contributed by atoms with Crippen molar-refractivity contribution < 1.29 is 0 Å². The van der Waals surface area contributed by atoms with Crippen LogP contribution in [-0.4, -0.2) is 35.6 Å². The Morgan fingerprint density at radius 2 is 1.33 bits per heavy atom. The van der Waals surface area contributed by atoms with Crippen molar-refractivity contribution in [2.24, 2.45) is 0 Å². The van der Waals surface area contributed by atoms with Gasteiger partial charge in [-0.25, -0.2) is 0 Å². The topological polar surface area (TPSA) is 0 Å². The summed E-state index contributed by atoms with van der Waals surface area (Å²) in [6.45, 7) is 0. The molecule has 0 saturated heterocycles. The summed E-state index contributed by atoms with van der Waals surface area (Å²) in [6.07, 6.45) is 0. The molecular formula is C6H17ClSn2. The Morgan fingerprint density at radius 3 is 1.33 bits per heavy atom. The van der Waals surface area contributed by atoms with E-state index in [0.717, 1.165) is 0 Å². The van der Waals surface area contributed by atoms with E-state index in [4.69, 9.17) is 8.92 Å². The summed E-state index contributed by atoms with van der Waals surface area (Å²) in [4.78, 5) is 12.0. The third kappa shape index (κ3) is 9.89. The average molecular weight is 362 g/mol. The summed E-state index contributed by atoms with van der Waals surface area (Å²) in [7, 11) is 6.28. The fourth-order valence-electron chi connectivity index (χ4n) is 1.26. The van der Waals surface area contributed by atoms with Crippen LogP contribution in [0.3, 0.4) is 0 Å². The monoisotopic (exact) mass is 364 g/mol. The number of hydrogen-bond acceptors (Lipinski definition) is 0. The van der Waals surface area contributed by atoms with Gasteiger partial charge in [-0.05, 0) is 0 Å². The van der Waals surface area contributed by atoms with Crippen molar-refractivity contribution in [1.82, 2.24) is 0 Å². The van der Waals surface area contributed by atoms with E-state index in [9.17, 15) is 0 Å². The Labute approximate surface area is 70.8 Å². The standard InChI is InChI=1S/5CH3.CH2.ClH.2Sn/h5*1H3;1H2;1H;;/q;;;;;;;;+1/p-1. The van der Waals surface area contributed by atoms with E-state index in [1.54, 1.807) is 0 Å². The van der Waals surface area contributed by atoms with E-state index >= 15 is 0 Å². The summed E-state index contributed by atoms with van der Waals surface area (Å²) in [6, 6.07) is 0. The zero-order chi connectivity index (χ0) is 7.71. The minimum absolute atomic E-state index is 1.48. The molecule has 0 amide bonds. The number of rotatable bonds is 2. The zero-order valence-electron chi connectivity index (χ0n) is 7.09. The van der Waals surface area contributed by atoms with Crippen molar-refractivity contribution in [3.8, 4) is 0 Å². The summed E-state index contributed by atoms with van der Waals surface area (Å²) < 4.78 is 1.48. The van der Waals surface area contributed by atoms with Crippen LogP contribution in [-0.2, 0) is 0 Å². The van der Waals surface area contributed by atoms with Gasteiger partial charge < -0.3 is 0 Å². The molecule has 0 fully saturated rings. The maximum absolute atomic E-state index is 6.28. The summed E-state index contributed by atoms with van der Waals surface area (Å²) in [5.41, 5.74) is 0. The maximum atomic E-state index is 6.28. The van der Waals surface area contributed by atoms with Crippen LogP contribution in [0.15, 0.2) is 0 Å². The molecule has 9 heavy (non-hydrogen) atoms. The van der Waals surface area contributed by atoms with Crippen LogP contribution in [0.25, 0.3) is 0 Å². The molecule has 0 aliphatic rings. The Kier molecular flexibility index (Phi) is 4.26. The van der Waals surface area contributed by atoms with Crippen LogP contribution in [0.1, 0.15) is 0 Å². The van der Waals surface area contributed by atoms with Crippen molar-refractivity contribution in [2.45, 2.75) is 27.2 Å². The molecular weight excluding hydrogens is 345 g/mol. The minimum atomic E-state index is -1.88. The molecule has 0 aromatic rings. The molecule has 0 unspecified atom stereocenters. The molecule has 0 saturated carbocycles. The average Bonchev–Trinajstić information content (AvgIpc) is 1.14. The molecule has 0 aromatic carbocycles. The first-order valence-electron chi connectivity index (χ1n) is 3.40. The molecule has 0 N–H and O–H groups in total. The SMILES string of the molecule is [CH3][Sn]([CH3])([CH3])[CH2][Sn]([CH3])([CH3])[Cl]. The van der Waals surface area contributed by atoms with E-state index in [1.807, 2.05) is 0 Å². The Hall–Kier alpha value is 1.89. The molecule has 3 heteroatoms. The van der Waals surface area contributed by atoms with Gasteiger partial charge in [-0.2, -0.15) is 0 Å². The van der Waals surface area contributed by atoms with Gasteiger partial charge in [-0.15, -0.1) is 0 Å². The van der Waals surface area contributed by atoms with Gasteiger partial charge in [0.1, 0.15) is 0 Å². The van der Waals surface area contributed by atoms with Crippen LogP contribution in [0.2, 0.25) is 27.2 Å². The first-order chi connectivity index (χ1) is 3.71. The number of hydrogen-bond donors (Lipinski definition) is 0. The van der Waals surface area contributed by atoms with Gasteiger partial charge in [-0.3, -0.25) is 0 Å². The van der Waals surface area contributed by atoms with E-state index < -0.39 is 35.6 Å². The van der Waals surface area contributed by atoms with Crippen molar-refractivity contribution in [2.75, 3.05) is 0 Å². The summed E-state index contributed by atoms with van der Waals surface area (Å²) in [5.74, 6) is 0. The molecule has 0 rings (SSSR count). The molecule has 0 heterocycles. The van der Waals surface area contributed by atoms with Gasteiger partial charge in [0, 0.05) is 0 Å². The van der Waals surface area contributed by atoms with Crippen LogP contribution < -0.4 is 0 Å². The van der Waals surface area contributed by atoms with Gasteiger partial charge in [0.05, 0.1) is 0 Å². The van der Waals surface area contributed by atoms with E-state index in [0.29, 0.717) is 0 Å². The zero-order valence-corrected chi connectivity index (χ0v) is 13.5. The molecule has 0 radical (unpaired) electrons. The fraction of sp³-hybridized carbons (Fsp3) is 1.00. The van der Waals surface area contributed by atoms with Crippen LogP contribution in [0.4, 0.5) is 0 Å². The second-order valence-electron chi connectivity index (χ2n) is 4.46. The Balaban J connectivity index is 3.75. The van der Waals surface area contributed by atoms with Crippen molar-refractivity contribution in [1.29, 1.82) is 0 Å². The van der Waals surface area contributed by atoms with Gasteiger partial charge in [0.15, 0.2) is 0 Å². The molecule has 0 aromatic heterocycles. The van der Waals surface area contributed by atoms with E-state index in [-0.39, 0.29) is 0 Å². The number of halogens is 1. The molecule has 56 valence electrons. The predicted molar refractivity (Wildman–Crippen MR) is 51.5 cm³/mol. The predicted octanol–water partition coefficient (Wildman–Crippen LogP) is 3.31. The quantitative estimate of drug-likeness (QED) is 0.662. The van der Waals surface area contributed by atoms with Crippen molar-refractivity contribution in [3.63, 3.8) is 0 Å². The van der Waals surface area contributed by atoms with Crippen LogP contribution in [0.5, 0.6) is 0 Å². The Morgan fingerprint density at radius 1 is 1.00 bits per heavy atom. The second kappa shape index (κ2) is 3.52. The Bertz CT molecular complexity index is 76.2. The summed E-state index contributed by atoms with van der Waals surface area (Å²) >= 11 is -3.37. The van der Waals surface area contributed by atoms with Crippen molar-refractivity contribution >= 4 is 44.5 Å². The molecule has 0 spiro atoms. The fourth-order valence-corrected chi connectivity index (χ4v) is 74.8. The molecule has 0 atom stereocenters.